The van der Waals surface area contributed by atoms with Gasteiger partial charge in [-0.25, -0.2) is 4.39 Å². The van der Waals surface area contributed by atoms with E-state index < -0.39 is 0 Å². The van der Waals surface area contributed by atoms with Gasteiger partial charge in [0.15, 0.2) is 0 Å². The summed E-state index contributed by atoms with van der Waals surface area (Å²) in [6.45, 7) is 1.21. The van der Waals surface area contributed by atoms with E-state index in [2.05, 4.69) is 15.6 Å². The van der Waals surface area contributed by atoms with Gasteiger partial charge in [-0.3, -0.25) is 9.78 Å². The van der Waals surface area contributed by atoms with Crippen molar-refractivity contribution in [2.24, 2.45) is 0 Å². The highest BCUT2D eigenvalue weighted by molar-refractivity contribution is 5.81. The second kappa shape index (κ2) is 5.03. The van der Waals surface area contributed by atoms with E-state index >= 15 is 0 Å². The second-order valence-electron chi connectivity index (χ2n) is 3.88. The van der Waals surface area contributed by atoms with Crippen molar-refractivity contribution in [3.63, 3.8) is 0 Å². The van der Waals surface area contributed by atoms with Crippen LogP contribution in [0.15, 0.2) is 18.5 Å². The number of carbonyl (C=O) groups excluding carboxylic acids is 1. The average Bonchev–Trinajstić information content (AvgIpc) is 2.79. The lowest BCUT2D eigenvalue weighted by atomic mass is 10.2. The normalized spacial score (nSPS) is 19.7. The van der Waals surface area contributed by atoms with Gasteiger partial charge in [0.05, 0.1) is 12.2 Å². The molecule has 5 heteroatoms. The monoisotopic (exact) mass is 223 g/mol. The molecular formula is C11H14FN3O. The highest BCUT2D eigenvalue weighted by Crippen LogP contribution is 2.05. The zero-order chi connectivity index (χ0) is 11.4. The maximum absolute atomic E-state index is 12.8. The van der Waals surface area contributed by atoms with Gasteiger partial charge < -0.3 is 10.6 Å². The molecule has 1 aliphatic rings. The molecule has 0 unspecified atom stereocenters. The number of nitrogens with zero attached hydrogens (tertiary/aromatic N) is 1. The molecule has 0 saturated carbocycles. The van der Waals surface area contributed by atoms with E-state index in [0.29, 0.717) is 12.1 Å². The summed E-state index contributed by atoms with van der Waals surface area (Å²) in [5, 5.41) is 5.86. The van der Waals surface area contributed by atoms with Crippen LogP contribution in [0.4, 0.5) is 4.39 Å². The van der Waals surface area contributed by atoms with Crippen LogP contribution in [0.2, 0.25) is 0 Å². The van der Waals surface area contributed by atoms with Crippen molar-refractivity contribution in [1.82, 2.24) is 15.6 Å². The van der Waals surface area contributed by atoms with Crippen molar-refractivity contribution >= 4 is 5.91 Å². The van der Waals surface area contributed by atoms with E-state index in [4.69, 9.17) is 0 Å². The molecule has 2 N–H and O–H groups in total. The minimum Gasteiger partial charge on any atom is -0.351 e. The standard InChI is InChI=1S/C11H14FN3O/c12-9-4-8(5-13-7-9)6-15-11(16)10-2-1-3-14-10/h4-5,7,10,14H,1-3,6H2,(H,15,16)/t10-/m0/s1. The summed E-state index contributed by atoms with van der Waals surface area (Å²) in [4.78, 5) is 15.3. The highest BCUT2D eigenvalue weighted by atomic mass is 19.1. The molecule has 2 rings (SSSR count). The van der Waals surface area contributed by atoms with Gasteiger partial charge in [0.1, 0.15) is 5.82 Å². The fourth-order valence-corrected chi connectivity index (χ4v) is 1.77. The van der Waals surface area contributed by atoms with Gasteiger partial charge in [0, 0.05) is 12.7 Å². The summed E-state index contributed by atoms with van der Waals surface area (Å²) in [6.07, 6.45) is 4.59. The molecular weight excluding hydrogens is 209 g/mol. The quantitative estimate of drug-likeness (QED) is 0.788. The van der Waals surface area contributed by atoms with Gasteiger partial charge in [-0.15, -0.1) is 0 Å². The van der Waals surface area contributed by atoms with E-state index in [0.717, 1.165) is 25.6 Å². The van der Waals surface area contributed by atoms with Gasteiger partial charge in [-0.05, 0) is 31.0 Å². The van der Waals surface area contributed by atoms with Crippen molar-refractivity contribution < 1.29 is 9.18 Å². The molecule has 0 spiro atoms. The number of hydrogen-bond donors (Lipinski definition) is 2. The third kappa shape index (κ3) is 2.76. The van der Waals surface area contributed by atoms with E-state index in [1.54, 1.807) is 6.20 Å². The lowest BCUT2D eigenvalue weighted by Crippen LogP contribution is -2.40. The van der Waals surface area contributed by atoms with Crippen LogP contribution in [0.3, 0.4) is 0 Å². The fourth-order valence-electron chi connectivity index (χ4n) is 1.77. The van der Waals surface area contributed by atoms with Crippen molar-refractivity contribution in [3.05, 3.63) is 29.8 Å². The molecule has 1 amide bonds. The molecule has 0 bridgehead atoms. The Hall–Kier alpha value is -1.49. The molecule has 1 atom stereocenters. The number of carbonyl (C=O) groups is 1. The Labute approximate surface area is 93.3 Å². The maximum atomic E-state index is 12.8. The summed E-state index contributed by atoms with van der Waals surface area (Å²) < 4.78 is 12.8. The zero-order valence-corrected chi connectivity index (χ0v) is 8.87. The number of rotatable bonds is 3. The van der Waals surface area contributed by atoms with E-state index in [9.17, 15) is 9.18 Å². The molecule has 86 valence electrons. The summed E-state index contributed by atoms with van der Waals surface area (Å²) >= 11 is 0. The molecule has 0 aromatic carbocycles. The van der Waals surface area contributed by atoms with Crippen LogP contribution < -0.4 is 10.6 Å². The van der Waals surface area contributed by atoms with Crippen LogP contribution in [0.5, 0.6) is 0 Å². The van der Waals surface area contributed by atoms with Crippen molar-refractivity contribution in [2.45, 2.75) is 25.4 Å². The molecule has 2 heterocycles. The lowest BCUT2D eigenvalue weighted by Gasteiger charge is -2.10. The molecule has 1 fully saturated rings. The van der Waals surface area contributed by atoms with Gasteiger partial charge in [0.25, 0.3) is 0 Å². The second-order valence-corrected chi connectivity index (χ2v) is 3.88. The van der Waals surface area contributed by atoms with E-state index in [1.807, 2.05) is 0 Å². The number of aromatic nitrogens is 1. The van der Waals surface area contributed by atoms with E-state index in [-0.39, 0.29) is 17.8 Å². The first-order valence-corrected chi connectivity index (χ1v) is 5.36. The predicted molar refractivity (Wildman–Crippen MR) is 57.1 cm³/mol. The Balaban J connectivity index is 1.84. The number of hydrogen-bond acceptors (Lipinski definition) is 3. The van der Waals surface area contributed by atoms with Crippen molar-refractivity contribution in [1.29, 1.82) is 0 Å². The fraction of sp³-hybridized carbons (Fsp3) is 0.455. The average molecular weight is 223 g/mol. The summed E-state index contributed by atoms with van der Waals surface area (Å²) in [5.41, 5.74) is 0.673. The first-order chi connectivity index (χ1) is 7.75. The lowest BCUT2D eigenvalue weighted by molar-refractivity contribution is -0.122. The molecule has 0 aliphatic carbocycles. The molecule has 0 radical (unpaired) electrons. The zero-order valence-electron chi connectivity index (χ0n) is 8.87. The topological polar surface area (TPSA) is 54.0 Å². The maximum Gasteiger partial charge on any atom is 0.237 e. The number of pyridine rings is 1. The highest BCUT2D eigenvalue weighted by Gasteiger charge is 2.21. The first kappa shape index (κ1) is 11.0. The third-order valence-corrected chi connectivity index (χ3v) is 2.61. The summed E-state index contributed by atoms with van der Waals surface area (Å²) in [7, 11) is 0. The minimum absolute atomic E-state index is 0.0261. The van der Waals surface area contributed by atoms with Crippen LogP contribution in [0, 0.1) is 5.82 Å². The molecule has 1 aromatic rings. The van der Waals surface area contributed by atoms with Crippen LogP contribution in [0.1, 0.15) is 18.4 Å². The van der Waals surface area contributed by atoms with Gasteiger partial charge in [-0.1, -0.05) is 0 Å². The molecule has 1 aliphatic heterocycles. The third-order valence-electron chi connectivity index (χ3n) is 2.61. The van der Waals surface area contributed by atoms with Gasteiger partial charge in [0.2, 0.25) is 5.91 Å². The van der Waals surface area contributed by atoms with Gasteiger partial charge in [-0.2, -0.15) is 0 Å². The Morgan fingerprint density at radius 2 is 2.50 bits per heavy atom. The minimum atomic E-state index is -0.384. The molecule has 1 saturated heterocycles. The van der Waals surface area contributed by atoms with Crippen LogP contribution in [-0.2, 0) is 11.3 Å². The van der Waals surface area contributed by atoms with Crippen LogP contribution in [-0.4, -0.2) is 23.5 Å². The summed E-state index contributed by atoms with van der Waals surface area (Å²) in [5.74, 6) is -0.410. The van der Waals surface area contributed by atoms with Crippen LogP contribution in [0.25, 0.3) is 0 Å². The predicted octanol–water partition coefficient (Wildman–Crippen LogP) is 0.589. The summed E-state index contributed by atoms with van der Waals surface area (Å²) in [6, 6.07) is 1.27. The van der Waals surface area contributed by atoms with Crippen LogP contribution >= 0.6 is 0 Å². The largest absolute Gasteiger partial charge is 0.351 e. The number of amides is 1. The van der Waals surface area contributed by atoms with Gasteiger partial charge >= 0.3 is 0 Å². The smallest absolute Gasteiger partial charge is 0.237 e. The van der Waals surface area contributed by atoms with Crippen molar-refractivity contribution in [3.8, 4) is 0 Å². The van der Waals surface area contributed by atoms with E-state index in [1.165, 1.54) is 6.07 Å². The number of nitrogens with one attached hydrogen (secondary N) is 2. The Kier molecular flexibility index (Phi) is 3.46. The first-order valence-electron chi connectivity index (χ1n) is 5.36. The number of halogens is 1. The molecule has 4 nitrogen and oxygen atoms in total. The SMILES string of the molecule is O=C(NCc1cncc(F)c1)[C@@H]1CCCN1. The Morgan fingerprint density at radius 3 is 3.19 bits per heavy atom. The Bertz CT molecular complexity index is 377. The molecule has 16 heavy (non-hydrogen) atoms. The van der Waals surface area contributed by atoms with Crippen molar-refractivity contribution in [2.75, 3.05) is 6.54 Å². The Morgan fingerprint density at radius 1 is 1.62 bits per heavy atom. The molecule has 1 aromatic heterocycles.